The second-order valence-electron chi connectivity index (χ2n) is 5.22. The molecule has 0 aliphatic carbocycles. The number of nitriles is 1. The maximum atomic E-state index is 9.35. The van der Waals surface area contributed by atoms with E-state index in [2.05, 4.69) is 56.4 Å². The number of rotatable bonds is 9. The molecule has 2 nitrogen and oxygen atoms in total. The lowest BCUT2D eigenvalue weighted by Gasteiger charge is -2.25. The fraction of sp³-hybridized carbons (Fsp3) is 0.588. The van der Waals surface area contributed by atoms with E-state index in [1.165, 1.54) is 11.1 Å². The molecule has 1 aromatic rings. The lowest BCUT2D eigenvalue weighted by atomic mass is 9.92. The van der Waals surface area contributed by atoms with Gasteiger partial charge in [-0.2, -0.15) is 17.0 Å². The van der Waals surface area contributed by atoms with Gasteiger partial charge in [-0.3, -0.25) is 5.32 Å². The van der Waals surface area contributed by atoms with Crippen molar-refractivity contribution in [3.8, 4) is 6.07 Å². The largest absolute Gasteiger partial charge is 0.300 e. The highest BCUT2D eigenvalue weighted by molar-refractivity contribution is 7.98. The maximum Gasteiger partial charge on any atom is 0.106 e. The molecule has 0 amide bonds. The van der Waals surface area contributed by atoms with Crippen LogP contribution in [0.4, 0.5) is 0 Å². The molecule has 1 aromatic carbocycles. The average Bonchev–Trinajstić information content (AvgIpc) is 2.46. The molecule has 0 bridgehead atoms. The van der Waals surface area contributed by atoms with Crippen molar-refractivity contribution in [1.82, 2.24) is 5.32 Å². The second-order valence-corrected chi connectivity index (χ2v) is 6.33. The van der Waals surface area contributed by atoms with Crippen molar-refractivity contribution in [3.05, 3.63) is 35.4 Å². The highest BCUT2D eigenvalue weighted by Gasteiger charge is 2.25. The van der Waals surface area contributed by atoms with Crippen LogP contribution >= 0.6 is 11.8 Å². The number of aryl methyl sites for hydroxylation is 1. The molecule has 20 heavy (non-hydrogen) atoms. The predicted octanol–water partition coefficient (Wildman–Crippen LogP) is 4.29. The summed E-state index contributed by atoms with van der Waals surface area (Å²) in [6.07, 6.45) is 2.90. The minimum Gasteiger partial charge on any atom is -0.300 e. The Morgan fingerprint density at radius 2 is 2.15 bits per heavy atom. The van der Waals surface area contributed by atoms with E-state index >= 15 is 0 Å². The summed E-state index contributed by atoms with van der Waals surface area (Å²) in [7, 11) is 0. The third-order valence-corrected chi connectivity index (χ3v) is 4.69. The van der Waals surface area contributed by atoms with E-state index < -0.39 is 0 Å². The zero-order valence-corrected chi connectivity index (χ0v) is 13.7. The zero-order chi connectivity index (χ0) is 14.8. The van der Waals surface area contributed by atoms with Crippen molar-refractivity contribution >= 4 is 11.8 Å². The standard InChI is InChI=1S/C17H26N2S/c1-4-17(14-18,19-5-2)10-7-11-20-13-16-9-6-8-15(3)12-16/h6,8-9,12,19H,4-5,7,10-11,13H2,1-3H3. The quantitative estimate of drug-likeness (QED) is 0.689. The molecule has 110 valence electrons. The first-order valence-electron chi connectivity index (χ1n) is 7.45. The van der Waals surface area contributed by atoms with E-state index in [0.717, 1.165) is 37.3 Å². The molecular formula is C17H26N2S. The minimum atomic E-state index is -0.321. The van der Waals surface area contributed by atoms with E-state index in [9.17, 15) is 5.26 Å². The van der Waals surface area contributed by atoms with E-state index in [1.54, 1.807) is 0 Å². The summed E-state index contributed by atoms with van der Waals surface area (Å²) in [5.74, 6) is 2.18. The molecule has 0 aromatic heterocycles. The molecule has 0 aliphatic rings. The van der Waals surface area contributed by atoms with Crippen LogP contribution < -0.4 is 5.32 Å². The van der Waals surface area contributed by atoms with Crippen LogP contribution in [0, 0.1) is 18.3 Å². The van der Waals surface area contributed by atoms with E-state index in [0.29, 0.717) is 0 Å². The molecule has 0 spiro atoms. The highest BCUT2D eigenvalue weighted by atomic mass is 32.2. The number of hydrogen-bond acceptors (Lipinski definition) is 3. The van der Waals surface area contributed by atoms with Gasteiger partial charge in [-0.25, -0.2) is 0 Å². The van der Waals surface area contributed by atoms with Gasteiger partial charge in [0.2, 0.25) is 0 Å². The summed E-state index contributed by atoms with van der Waals surface area (Å²) < 4.78 is 0. The lowest BCUT2D eigenvalue weighted by molar-refractivity contribution is 0.379. The van der Waals surface area contributed by atoms with Crippen molar-refractivity contribution in [2.24, 2.45) is 0 Å². The summed E-state index contributed by atoms with van der Waals surface area (Å²) in [6.45, 7) is 7.14. The first kappa shape index (κ1) is 17.1. The third-order valence-electron chi connectivity index (χ3n) is 3.58. The summed E-state index contributed by atoms with van der Waals surface area (Å²) in [5.41, 5.74) is 2.40. The molecule has 1 unspecified atom stereocenters. The van der Waals surface area contributed by atoms with Crippen LogP contribution in [0.15, 0.2) is 24.3 Å². The van der Waals surface area contributed by atoms with E-state index in [-0.39, 0.29) is 5.54 Å². The van der Waals surface area contributed by atoms with Crippen LogP contribution in [0.5, 0.6) is 0 Å². The number of nitrogens with one attached hydrogen (secondary N) is 1. The zero-order valence-electron chi connectivity index (χ0n) is 12.9. The second kappa shape index (κ2) is 9.05. The Labute approximate surface area is 128 Å². The molecule has 0 heterocycles. The fourth-order valence-corrected chi connectivity index (χ4v) is 3.28. The van der Waals surface area contributed by atoms with Gasteiger partial charge in [0.1, 0.15) is 5.54 Å². The molecule has 0 fully saturated rings. The number of nitrogens with zero attached hydrogens (tertiary/aromatic N) is 1. The normalized spacial score (nSPS) is 13.7. The third kappa shape index (κ3) is 5.56. The Kier molecular flexibility index (Phi) is 7.72. The van der Waals surface area contributed by atoms with Gasteiger partial charge in [-0.05, 0) is 44.0 Å². The summed E-state index contributed by atoms with van der Waals surface area (Å²) >= 11 is 1.96. The van der Waals surface area contributed by atoms with Gasteiger partial charge < -0.3 is 0 Å². The molecule has 0 saturated carbocycles. The van der Waals surface area contributed by atoms with Gasteiger partial charge in [-0.15, -0.1) is 0 Å². The van der Waals surface area contributed by atoms with E-state index in [1.807, 2.05) is 11.8 Å². The molecule has 0 saturated heterocycles. The monoisotopic (exact) mass is 290 g/mol. The van der Waals surface area contributed by atoms with Crippen LogP contribution in [0.3, 0.4) is 0 Å². The van der Waals surface area contributed by atoms with Crippen LogP contribution in [-0.2, 0) is 5.75 Å². The maximum absolute atomic E-state index is 9.35. The Hall–Kier alpha value is -0.980. The van der Waals surface area contributed by atoms with Crippen LogP contribution in [0.25, 0.3) is 0 Å². The highest BCUT2D eigenvalue weighted by Crippen LogP contribution is 2.20. The summed E-state index contributed by atoms with van der Waals surface area (Å²) in [4.78, 5) is 0. The van der Waals surface area contributed by atoms with Crippen LogP contribution in [-0.4, -0.2) is 17.8 Å². The molecule has 3 heteroatoms. The van der Waals surface area contributed by atoms with Crippen molar-refractivity contribution < 1.29 is 0 Å². The molecule has 1 N–H and O–H groups in total. The van der Waals surface area contributed by atoms with Crippen molar-refractivity contribution in [1.29, 1.82) is 5.26 Å². The number of thioether (sulfide) groups is 1. The first-order chi connectivity index (χ1) is 9.65. The molecule has 0 radical (unpaired) electrons. The Morgan fingerprint density at radius 1 is 1.35 bits per heavy atom. The lowest BCUT2D eigenvalue weighted by Crippen LogP contribution is -2.43. The van der Waals surface area contributed by atoms with Gasteiger partial charge in [0.15, 0.2) is 0 Å². The van der Waals surface area contributed by atoms with Gasteiger partial charge >= 0.3 is 0 Å². The summed E-state index contributed by atoms with van der Waals surface area (Å²) in [6, 6.07) is 11.1. The van der Waals surface area contributed by atoms with Gasteiger partial charge in [-0.1, -0.05) is 43.7 Å². The topological polar surface area (TPSA) is 35.8 Å². The van der Waals surface area contributed by atoms with E-state index in [4.69, 9.17) is 0 Å². The summed E-state index contributed by atoms with van der Waals surface area (Å²) in [5, 5.41) is 12.7. The van der Waals surface area contributed by atoms with Crippen LogP contribution in [0.2, 0.25) is 0 Å². The average molecular weight is 290 g/mol. The Balaban J connectivity index is 2.29. The molecular weight excluding hydrogens is 264 g/mol. The number of hydrogen-bond donors (Lipinski definition) is 1. The smallest absolute Gasteiger partial charge is 0.106 e. The first-order valence-corrected chi connectivity index (χ1v) is 8.61. The van der Waals surface area contributed by atoms with Gasteiger partial charge in [0, 0.05) is 5.75 Å². The van der Waals surface area contributed by atoms with Gasteiger partial charge in [0.05, 0.1) is 6.07 Å². The predicted molar refractivity (Wildman–Crippen MR) is 88.9 cm³/mol. The van der Waals surface area contributed by atoms with Gasteiger partial charge in [0.25, 0.3) is 0 Å². The van der Waals surface area contributed by atoms with Crippen molar-refractivity contribution in [3.63, 3.8) is 0 Å². The van der Waals surface area contributed by atoms with Crippen molar-refractivity contribution in [2.75, 3.05) is 12.3 Å². The fourth-order valence-electron chi connectivity index (χ4n) is 2.37. The molecule has 1 rings (SSSR count). The Bertz CT molecular complexity index is 439. The molecule has 0 aliphatic heterocycles. The van der Waals surface area contributed by atoms with Crippen molar-refractivity contribution in [2.45, 2.75) is 51.3 Å². The minimum absolute atomic E-state index is 0.321. The Morgan fingerprint density at radius 3 is 2.75 bits per heavy atom. The SMILES string of the molecule is CCNC(C#N)(CC)CCCSCc1cccc(C)c1. The van der Waals surface area contributed by atoms with Crippen LogP contribution in [0.1, 0.15) is 44.2 Å². The number of benzene rings is 1. The molecule has 1 atom stereocenters.